The number of rotatable bonds is 12. The van der Waals surface area contributed by atoms with E-state index in [-0.39, 0.29) is 30.3 Å². The Balaban J connectivity index is 4.55. The lowest BCUT2D eigenvalue weighted by Crippen LogP contribution is -2.42. The van der Waals surface area contributed by atoms with Crippen molar-refractivity contribution in [2.24, 2.45) is 23.7 Å². The average molecular weight is 355 g/mol. The molecular formula is C21H42N2O2. The summed E-state index contributed by atoms with van der Waals surface area (Å²) < 4.78 is 0. The van der Waals surface area contributed by atoms with E-state index in [9.17, 15) is 9.59 Å². The third-order valence-corrected chi connectivity index (χ3v) is 4.08. The third kappa shape index (κ3) is 13.9. The molecule has 0 bridgehead atoms. The molecule has 4 heteroatoms. The Bertz CT molecular complexity index is 333. The van der Waals surface area contributed by atoms with Crippen LogP contribution in [-0.4, -0.2) is 23.9 Å². The lowest BCUT2D eigenvalue weighted by atomic mass is 9.95. The summed E-state index contributed by atoms with van der Waals surface area (Å²) in [6.07, 6.45) is 3.74. The van der Waals surface area contributed by atoms with Gasteiger partial charge in [0, 0.05) is 12.1 Å². The molecule has 0 saturated carbocycles. The lowest BCUT2D eigenvalue weighted by Gasteiger charge is -2.24. The molecule has 0 radical (unpaired) electrons. The quantitative estimate of drug-likeness (QED) is 0.506. The Morgan fingerprint density at radius 1 is 0.560 bits per heavy atom. The summed E-state index contributed by atoms with van der Waals surface area (Å²) in [7, 11) is 0. The van der Waals surface area contributed by atoms with Crippen LogP contribution in [0.25, 0.3) is 0 Å². The van der Waals surface area contributed by atoms with Gasteiger partial charge in [-0.2, -0.15) is 0 Å². The second kappa shape index (κ2) is 12.3. The molecule has 0 aromatic carbocycles. The van der Waals surface area contributed by atoms with Crippen molar-refractivity contribution in [3.63, 3.8) is 0 Å². The van der Waals surface area contributed by atoms with Crippen LogP contribution < -0.4 is 10.6 Å². The molecule has 0 rings (SSSR count). The minimum absolute atomic E-state index is 0.0701. The number of hydrogen-bond acceptors (Lipinski definition) is 2. The lowest BCUT2D eigenvalue weighted by molar-refractivity contribution is -0.130. The number of hydrogen-bond donors (Lipinski definition) is 2. The number of carbonyl (C=O) groups excluding carboxylic acids is 2. The maximum absolute atomic E-state index is 12.3. The van der Waals surface area contributed by atoms with E-state index >= 15 is 0 Å². The van der Waals surface area contributed by atoms with Crippen molar-refractivity contribution in [2.75, 3.05) is 0 Å². The average Bonchev–Trinajstić information content (AvgIpc) is 2.33. The van der Waals surface area contributed by atoms with Crippen LogP contribution in [-0.2, 0) is 9.59 Å². The highest BCUT2D eigenvalue weighted by molar-refractivity contribution is 5.97. The first-order chi connectivity index (χ1) is 11.5. The Hall–Kier alpha value is -1.06. The van der Waals surface area contributed by atoms with Gasteiger partial charge in [-0.05, 0) is 49.4 Å². The standard InChI is InChI=1S/C21H42N2O2/c1-14(2)9-18(10-15(3)4)22-20(24)13-21(25)23-19(11-16(5)6)12-17(7)8/h14-19H,9-13H2,1-8H3,(H,22,24)(H,23,25). The van der Waals surface area contributed by atoms with Gasteiger partial charge >= 0.3 is 0 Å². The van der Waals surface area contributed by atoms with Gasteiger partial charge in [-0.25, -0.2) is 0 Å². The molecule has 0 aromatic rings. The summed E-state index contributed by atoms with van der Waals surface area (Å²) in [5.74, 6) is 1.80. The van der Waals surface area contributed by atoms with Crippen LogP contribution in [0, 0.1) is 23.7 Å². The van der Waals surface area contributed by atoms with Gasteiger partial charge in [0.15, 0.2) is 0 Å². The second-order valence-electron chi connectivity index (χ2n) is 9.22. The summed E-state index contributed by atoms with van der Waals surface area (Å²) in [4.78, 5) is 24.6. The number of nitrogens with one attached hydrogen (secondary N) is 2. The van der Waals surface area contributed by atoms with Crippen molar-refractivity contribution < 1.29 is 9.59 Å². The minimum atomic E-state index is -0.156. The minimum Gasteiger partial charge on any atom is -0.353 e. The SMILES string of the molecule is CC(C)CC(CC(C)C)NC(=O)CC(=O)NC(CC(C)C)CC(C)C. The van der Waals surface area contributed by atoms with Crippen LogP contribution in [0.5, 0.6) is 0 Å². The van der Waals surface area contributed by atoms with Crippen LogP contribution in [0.4, 0.5) is 0 Å². The van der Waals surface area contributed by atoms with Crippen molar-refractivity contribution in [1.82, 2.24) is 10.6 Å². The van der Waals surface area contributed by atoms with Crippen molar-refractivity contribution >= 4 is 11.8 Å². The van der Waals surface area contributed by atoms with E-state index in [0.717, 1.165) is 25.7 Å². The van der Waals surface area contributed by atoms with E-state index in [2.05, 4.69) is 66.0 Å². The van der Waals surface area contributed by atoms with E-state index in [1.165, 1.54) is 0 Å². The van der Waals surface area contributed by atoms with E-state index < -0.39 is 0 Å². The first kappa shape index (κ1) is 23.9. The van der Waals surface area contributed by atoms with E-state index in [4.69, 9.17) is 0 Å². The van der Waals surface area contributed by atoms with Gasteiger partial charge in [0.25, 0.3) is 0 Å². The molecule has 0 saturated heterocycles. The Labute approximate surface area is 155 Å². The monoisotopic (exact) mass is 354 g/mol. The molecular weight excluding hydrogens is 312 g/mol. The topological polar surface area (TPSA) is 58.2 Å². The Kier molecular flexibility index (Phi) is 11.8. The molecule has 25 heavy (non-hydrogen) atoms. The molecule has 2 amide bonds. The van der Waals surface area contributed by atoms with E-state index in [0.29, 0.717) is 23.7 Å². The molecule has 0 unspecified atom stereocenters. The molecule has 0 aliphatic carbocycles. The molecule has 0 aliphatic heterocycles. The largest absolute Gasteiger partial charge is 0.353 e. The molecule has 0 spiro atoms. The fraction of sp³-hybridized carbons (Fsp3) is 0.905. The highest BCUT2D eigenvalue weighted by atomic mass is 16.2. The third-order valence-electron chi connectivity index (χ3n) is 4.08. The van der Waals surface area contributed by atoms with Crippen LogP contribution in [0.15, 0.2) is 0 Å². The Morgan fingerprint density at radius 3 is 1.00 bits per heavy atom. The zero-order chi connectivity index (χ0) is 19.6. The first-order valence-electron chi connectivity index (χ1n) is 10.1. The van der Waals surface area contributed by atoms with Crippen molar-refractivity contribution in [3.8, 4) is 0 Å². The van der Waals surface area contributed by atoms with E-state index in [1.54, 1.807) is 0 Å². The maximum atomic E-state index is 12.3. The van der Waals surface area contributed by atoms with Gasteiger partial charge in [0.2, 0.25) is 11.8 Å². The van der Waals surface area contributed by atoms with Crippen LogP contribution in [0.2, 0.25) is 0 Å². The smallest absolute Gasteiger partial charge is 0.229 e. The summed E-state index contributed by atoms with van der Waals surface area (Å²) in [6.45, 7) is 17.3. The summed E-state index contributed by atoms with van der Waals surface area (Å²) >= 11 is 0. The van der Waals surface area contributed by atoms with Crippen LogP contribution >= 0.6 is 0 Å². The fourth-order valence-corrected chi connectivity index (χ4v) is 3.41. The van der Waals surface area contributed by atoms with E-state index in [1.807, 2.05) is 0 Å². The van der Waals surface area contributed by atoms with Gasteiger partial charge in [0.05, 0.1) is 0 Å². The first-order valence-corrected chi connectivity index (χ1v) is 10.1. The summed E-state index contributed by atoms with van der Waals surface area (Å²) in [6, 6.07) is 0.310. The predicted molar refractivity (Wildman–Crippen MR) is 106 cm³/mol. The number of amides is 2. The molecule has 148 valence electrons. The van der Waals surface area contributed by atoms with Gasteiger partial charge < -0.3 is 10.6 Å². The number of carbonyl (C=O) groups is 2. The van der Waals surface area contributed by atoms with Gasteiger partial charge in [-0.1, -0.05) is 55.4 Å². The maximum Gasteiger partial charge on any atom is 0.229 e. The predicted octanol–water partition coefficient (Wildman–Crippen LogP) is 4.53. The summed E-state index contributed by atoms with van der Waals surface area (Å²) in [5, 5.41) is 6.13. The molecule has 0 atom stereocenters. The molecule has 0 aromatic heterocycles. The molecule has 0 aliphatic rings. The molecule has 0 heterocycles. The Morgan fingerprint density at radius 2 is 0.800 bits per heavy atom. The van der Waals surface area contributed by atoms with Crippen molar-refractivity contribution in [1.29, 1.82) is 0 Å². The van der Waals surface area contributed by atoms with Crippen molar-refractivity contribution in [2.45, 2.75) is 99.6 Å². The van der Waals surface area contributed by atoms with Crippen LogP contribution in [0.1, 0.15) is 87.5 Å². The normalized spacial score (nSPS) is 12.1. The summed E-state index contributed by atoms with van der Waals surface area (Å²) in [5.41, 5.74) is 0. The zero-order valence-corrected chi connectivity index (χ0v) is 17.8. The highest BCUT2D eigenvalue weighted by Crippen LogP contribution is 2.15. The van der Waals surface area contributed by atoms with Crippen LogP contribution in [0.3, 0.4) is 0 Å². The molecule has 0 fully saturated rings. The zero-order valence-electron chi connectivity index (χ0n) is 17.8. The van der Waals surface area contributed by atoms with Gasteiger partial charge in [0.1, 0.15) is 6.42 Å². The second-order valence-corrected chi connectivity index (χ2v) is 9.22. The molecule has 4 nitrogen and oxygen atoms in total. The fourth-order valence-electron chi connectivity index (χ4n) is 3.41. The van der Waals surface area contributed by atoms with Gasteiger partial charge in [-0.3, -0.25) is 9.59 Å². The molecule has 2 N–H and O–H groups in total. The van der Waals surface area contributed by atoms with Crippen molar-refractivity contribution in [3.05, 3.63) is 0 Å². The highest BCUT2D eigenvalue weighted by Gasteiger charge is 2.20. The van der Waals surface area contributed by atoms with Gasteiger partial charge in [-0.15, -0.1) is 0 Å².